The number of halogens is 1. The molecular formula is C19H14ClN3O2. The molecule has 2 heterocycles. The molecule has 0 aliphatic rings. The Morgan fingerprint density at radius 1 is 1.04 bits per heavy atom. The Labute approximate surface area is 148 Å². The molecule has 124 valence electrons. The van der Waals surface area contributed by atoms with Crippen LogP contribution in [0.1, 0.15) is 5.76 Å². The van der Waals surface area contributed by atoms with E-state index in [0.717, 1.165) is 22.5 Å². The molecule has 0 radical (unpaired) electrons. The number of nitrogens with zero attached hydrogens (tertiary/aromatic N) is 1. The first-order valence-corrected chi connectivity index (χ1v) is 8.14. The number of aromatic nitrogens is 2. The van der Waals surface area contributed by atoms with Crippen molar-refractivity contribution in [2.75, 3.05) is 5.32 Å². The number of nitrogens with one attached hydrogen (secondary N) is 2. The lowest BCUT2D eigenvalue weighted by atomic mass is 10.2. The average Bonchev–Trinajstić information content (AvgIpc) is 3.11. The first-order valence-electron chi connectivity index (χ1n) is 7.77. The number of fused-ring (bicyclic) bond motifs is 1. The summed E-state index contributed by atoms with van der Waals surface area (Å²) in [6, 6.07) is 18.6. The van der Waals surface area contributed by atoms with Gasteiger partial charge in [-0.2, -0.15) is 5.10 Å². The van der Waals surface area contributed by atoms with Crippen LogP contribution in [0.3, 0.4) is 0 Å². The third-order valence-electron chi connectivity index (χ3n) is 3.90. The SMILES string of the molecule is O=c1[nH]nc(NCc2ccc(-c3cccc(Cl)c3)o2)c2ccccc12. The molecule has 4 aromatic rings. The lowest BCUT2D eigenvalue weighted by Gasteiger charge is -2.06. The minimum atomic E-state index is -0.206. The molecule has 0 aliphatic carbocycles. The van der Waals surface area contributed by atoms with E-state index in [1.165, 1.54) is 0 Å². The predicted molar refractivity (Wildman–Crippen MR) is 98.8 cm³/mol. The summed E-state index contributed by atoms with van der Waals surface area (Å²) in [4.78, 5) is 11.8. The van der Waals surface area contributed by atoms with Crippen LogP contribution in [-0.4, -0.2) is 10.2 Å². The predicted octanol–water partition coefficient (Wildman–Crippen LogP) is 4.45. The van der Waals surface area contributed by atoms with Gasteiger partial charge in [0.05, 0.1) is 11.9 Å². The molecule has 4 rings (SSSR count). The highest BCUT2D eigenvalue weighted by molar-refractivity contribution is 6.30. The van der Waals surface area contributed by atoms with Crippen molar-refractivity contribution in [3.8, 4) is 11.3 Å². The van der Waals surface area contributed by atoms with Crippen molar-refractivity contribution in [1.82, 2.24) is 10.2 Å². The van der Waals surface area contributed by atoms with E-state index in [1.807, 2.05) is 54.6 Å². The van der Waals surface area contributed by atoms with Gasteiger partial charge in [-0.3, -0.25) is 4.79 Å². The smallest absolute Gasteiger partial charge is 0.272 e. The van der Waals surface area contributed by atoms with Crippen molar-refractivity contribution in [1.29, 1.82) is 0 Å². The van der Waals surface area contributed by atoms with E-state index in [9.17, 15) is 4.79 Å². The summed E-state index contributed by atoms with van der Waals surface area (Å²) >= 11 is 6.02. The molecule has 0 unspecified atom stereocenters. The molecule has 2 aromatic heterocycles. The molecule has 0 saturated carbocycles. The standard InChI is InChI=1S/C19H14ClN3O2/c20-13-5-3-4-12(10-13)17-9-8-14(25-17)11-21-18-15-6-1-2-7-16(15)19(24)23-22-18/h1-10H,11H2,(H,21,22)(H,23,24). The van der Waals surface area contributed by atoms with Crippen LogP contribution < -0.4 is 10.9 Å². The normalized spacial score (nSPS) is 10.9. The molecule has 0 bridgehead atoms. The zero-order chi connectivity index (χ0) is 17.2. The molecule has 0 amide bonds. The van der Waals surface area contributed by atoms with Gasteiger partial charge < -0.3 is 9.73 Å². The number of hydrogen-bond acceptors (Lipinski definition) is 4. The Morgan fingerprint density at radius 2 is 1.88 bits per heavy atom. The van der Waals surface area contributed by atoms with Crippen molar-refractivity contribution < 1.29 is 4.42 Å². The first kappa shape index (κ1) is 15.5. The van der Waals surface area contributed by atoms with Crippen molar-refractivity contribution in [3.05, 3.63) is 81.8 Å². The van der Waals surface area contributed by atoms with E-state index in [1.54, 1.807) is 6.07 Å². The Hall–Kier alpha value is -3.05. The molecule has 0 atom stereocenters. The Balaban J connectivity index is 1.57. The molecule has 0 fully saturated rings. The highest BCUT2D eigenvalue weighted by atomic mass is 35.5. The Morgan fingerprint density at radius 3 is 2.72 bits per heavy atom. The number of rotatable bonds is 4. The van der Waals surface area contributed by atoms with Gasteiger partial charge in [0.2, 0.25) is 0 Å². The average molecular weight is 352 g/mol. The van der Waals surface area contributed by atoms with Gasteiger partial charge in [-0.05, 0) is 30.3 Å². The number of aromatic amines is 1. The fraction of sp³-hybridized carbons (Fsp3) is 0.0526. The summed E-state index contributed by atoms with van der Waals surface area (Å²) in [5.74, 6) is 2.11. The van der Waals surface area contributed by atoms with Crippen LogP contribution in [0.25, 0.3) is 22.1 Å². The van der Waals surface area contributed by atoms with E-state index < -0.39 is 0 Å². The number of furan rings is 1. The number of hydrogen-bond donors (Lipinski definition) is 2. The quantitative estimate of drug-likeness (QED) is 0.570. The lowest BCUT2D eigenvalue weighted by molar-refractivity contribution is 0.531. The van der Waals surface area contributed by atoms with Gasteiger partial charge in [0.15, 0.2) is 5.82 Å². The maximum absolute atomic E-state index is 11.8. The van der Waals surface area contributed by atoms with Crippen LogP contribution in [0, 0.1) is 0 Å². The summed E-state index contributed by atoms with van der Waals surface area (Å²) in [5.41, 5.74) is 0.716. The Bertz CT molecular complexity index is 1100. The minimum absolute atomic E-state index is 0.206. The zero-order valence-corrected chi connectivity index (χ0v) is 13.9. The summed E-state index contributed by atoms with van der Waals surface area (Å²) in [6.45, 7) is 0.448. The second kappa shape index (κ2) is 6.45. The topological polar surface area (TPSA) is 70.9 Å². The fourth-order valence-electron chi connectivity index (χ4n) is 2.69. The monoisotopic (exact) mass is 351 g/mol. The van der Waals surface area contributed by atoms with Crippen LogP contribution in [0.2, 0.25) is 5.02 Å². The molecule has 5 nitrogen and oxygen atoms in total. The van der Waals surface area contributed by atoms with Crippen molar-refractivity contribution in [2.45, 2.75) is 6.54 Å². The van der Waals surface area contributed by atoms with E-state index >= 15 is 0 Å². The van der Waals surface area contributed by atoms with E-state index in [0.29, 0.717) is 22.8 Å². The second-order valence-corrected chi connectivity index (χ2v) is 6.01. The van der Waals surface area contributed by atoms with Crippen LogP contribution >= 0.6 is 11.6 Å². The molecule has 25 heavy (non-hydrogen) atoms. The molecule has 0 spiro atoms. The van der Waals surface area contributed by atoms with E-state index in [-0.39, 0.29) is 5.56 Å². The van der Waals surface area contributed by atoms with Crippen LogP contribution in [0.4, 0.5) is 5.82 Å². The maximum atomic E-state index is 11.8. The molecule has 0 aliphatic heterocycles. The van der Waals surface area contributed by atoms with Gasteiger partial charge >= 0.3 is 0 Å². The van der Waals surface area contributed by atoms with Crippen LogP contribution in [-0.2, 0) is 6.54 Å². The maximum Gasteiger partial charge on any atom is 0.272 e. The fourth-order valence-corrected chi connectivity index (χ4v) is 2.88. The summed E-state index contributed by atoms with van der Waals surface area (Å²) in [7, 11) is 0. The summed E-state index contributed by atoms with van der Waals surface area (Å²) < 4.78 is 5.86. The van der Waals surface area contributed by atoms with Crippen LogP contribution in [0.15, 0.2) is 69.9 Å². The van der Waals surface area contributed by atoms with Gasteiger partial charge in [-0.25, -0.2) is 5.10 Å². The third-order valence-corrected chi connectivity index (χ3v) is 4.13. The highest BCUT2D eigenvalue weighted by Gasteiger charge is 2.08. The Kier molecular flexibility index (Phi) is 3.99. The van der Waals surface area contributed by atoms with Gasteiger partial charge in [0, 0.05) is 16.0 Å². The third kappa shape index (κ3) is 3.14. The number of anilines is 1. The zero-order valence-electron chi connectivity index (χ0n) is 13.1. The first-order chi connectivity index (χ1) is 12.2. The van der Waals surface area contributed by atoms with E-state index in [4.69, 9.17) is 16.0 Å². The van der Waals surface area contributed by atoms with Gasteiger partial charge in [-0.1, -0.05) is 41.9 Å². The lowest BCUT2D eigenvalue weighted by Crippen LogP contribution is -2.11. The van der Waals surface area contributed by atoms with Crippen molar-refractivity contribution in [2.24, 2.45) is 0 Å². The van der Waals surface area contributed by atoms with Gasteiger partial charge in [0.1, 0.15) is 11.5 Å². The van der Waals surface area contributed by atoms with Crippen LogP contribution in [0.5, 0.6) is 0 Å². The van der Waals surface area contributed by atoms with Gasteiger partial charge in [-0.15, -0.1) is 0 Å². The highest BCUT2D eigenvalue weighted by Crippen LogP contribution is 2.25. The molecule has 6 heteroatoms. The van der Waals surface area contributed by atoms with Crippen molar-refractivity contribution >= 4 is 28.2 Å². The summed E-state index contributed by atoms with van der Waals surface area (Å²) in [6.07, 6.45) is 0. The molecule has 2 aromatic carbocycles. The molecule has 2 N–H and O–H groups in total. The number of H-pyrrole nitrogens is 1. The molecular weight excluding hydrogens is 338 g/mol. The van der Waals surface area contributed by atoms with Gasteiger partial charge in [0.25, 0.3) is 5.56 Å². The number of benzene rings is 2. The second-order valence-electron chi connectivity index (χ2n) is 5.58. The van der Waals surface area contributed by atoms with E-state index in [2.05, 4.69) is 15.5 Å². The van der Waals surface area contributed by atoms with Crippen molar-refractivity contribution in [3.63, 3.8) is 0 Å². The largest absolute Gasteiger partial charge is 0.459 e. The minimum Gasteiger partial charge on any atom is -0.459 e. The summed E-state index contributed by atoms with van der Waals surface area (Å²) in [5, 5.41) is 11.8. The molecule has 0 saturated heterocycles.